The average molecular weight is 500 g/mol. The smallest absolute Gasteiger partial charge is 0.263 e. The molecule has 2 aromatic carbocycles. The summed E-state index contributed by atoms with van der Waals surface area (Å²) >= 11 is 0. The molecule has 0 aliphatic carbocycles. The second kappa shape index (κ2) is 10.9. The van der Waals surface area contributed by atoms with E-state index in [9.17, 15) is 4.79 Å². The number of nitrogens with zero attached hydrogens (tertiary/aromatic N) is 3. The number of hydrogen-bond donors (Lipinski definition) is 0. The number of benzene rings is 2. The summed E-state index contributed by atoms with van der Waals surface area (Å²) in [4.78, 5) is 16.0. The molecule has 9 heteroatoms. The maximum absolute atomic E-state index is 11.6. The maximum Gasteiger partial charge on any atom is 0.263 e. The molecule has 0 fully saturated rings. The Kier molecular flexibility index (Phi) is 7.02. The van der Waals surface area contributed by atoms with Gasteiger partial charge in [-0.2, -0.15) is 0 Å². The topological polar surface area (TPSA) is 102 Å². The standard InChI is InChI=1S/C28H25N3O6/c1-19-24(29-28(37-19)25-9-6-12-34-25)18-35-23-11-10-21(26(13-23)33-2)17-36-27-22(16-32)15-31(30-27)14-20-7-4-3-5-8-20/h3-13,15-16H,14,17-18H2,1-2H3. The van der Waals surface area contributed by atoms with Gasteiger partial charge < -0.3 is 23.0 Å². The minimum absolute atomic E-state index is 0.168. The third kappa shape index (κ3) is 5.56. The van der Waals surface area contributed by atoms with Gasteiger partial charge in [-0.25, -0.2) is 4.98 Å². The summed E-state index contributed by atoms with van der Waals surface area (Å²) in [5.74, 6) is 3.07. The van der Waals surface area contributed by atoms with Crippen LogP contribution >= 0.6 is 0 Å². The third-order valence-corrected chi connectivity index (χ3v) is 5.69. The van der Waals surface area contributed by atoms with Crippen LogP contribution in [0.3, 0.4) is 0 Å². The minimum Gasteiger partial charge on any atom is -0.496 e. The van der Waals surface area contributed by atoms with Gasteiger partial charge in [0.1, 0.15) is 36.2 Å². The lowest BCUT2D eigenvalue weighted by Crippen LogP contribution is -2.03. The summed E-state index contributed by atoms with van der Waals surface area (Å²) in [6, 6.07) is 18.9. The first-order valence-corrected chi connectivity index (χ1v) is 11.6. The second-order valence-corrected chi connectivity index (χ2v) is 8.24. The lowest BCUT2D eigenvalue weighted by molar-refractivity contribution is 0.111. The van der Waals surface area contributed by atoms with Gasteiger partial charge in [-0.1, -0.05) is 30.3 Å². The van der Waals surface area contributed by atoms with Crippen molar-refractivity contribution in [3.63, 3.8) is 0 Å². The molecule has 3 aromatic heterocycles. The van der Waals surface area contributed by atoms with Crippen LogP contribution in [-0.2, 0) is 19.8 Å². The highest BCUT2D eigenvalue weighted by Crippen LogP contribution is 2.28. The van der Waals surface area contributed by atoms with Gasteiger partial charge >= 0.3 is 0 Å². The molecule has 0 amide bonds. The molecule has 9 nitrogen and oxygen atoms in total. The fourth-order valence-corrected chi connectivity index (χ4v) is 3.76. The van der Waals surface area contributed by atoms with Crippen LogP contribution in [0, 0.1) is 6.92 Å². The number of aromatic nitrogens is 3. The SMILES string of the molecule is COc1cc(OCc2nc(-c3ccco3)oc2C)ccc1COc1nn(Cc2ccccc2)cc1C=O. The molecule has 5 rings (SSSR count). The van der Waals surface area contributed by atoms with Crippen LogP contribution in [0.25, 0.3) is 11.7 Å². The Morgan fingerprint density at radius 2 is 1.89 bits per heavy atom. The maximum atomic E-state index is 11.6. The summed E-state index contributed by atoms with van der Waals surface area (Å²) < 4.78 is 30.1. The molecule has 0 radical (unpaired) electrons. The minimum atomic E-state index is 0.168. The zero-order chi connectivity index (χ0) is 25.6. The van der Waals surface area contributed by atoms with E-state index >= 15 is 0 Å². The summed E-state index contributed by atoms with van der Waals surface area (Å²) in [5.41, 5.74) is 2.91. The van der Waals surface area contributed by atoms with Crippen molar-refractivity contribution in [1.29, 1.82) is 0 Å². The van der Waals surface area contributed by atoms with Crippen molar-refractivity contribution >= 4 is 6.29 Å². The highest BCUT2D eigenvalue weighted by Gasteiger charge is 2.15. The fraction of sp³-hybridized carbons (Fsp3) is 0.179. The van der Waals surface area contributed by atoms with E-state index in [1.165, 1.54) is 0 Å². The molecule has 0 atom stereocenters. The number of hydrogen-bond acceptors (Lipinski definition) is 8. The van der Waals surface area contributed by atoms with E-state index in [2.05, 4.69) is 10.1 Å². The van der Waals surface area contributed by atoms with Gasteiger partial charge in [-0.15, -0.1) is 5.10 Å². The first-order chi connectivity index (χ1) is 18.1. The van der Waals surface area contributed by atoms with Gasteiger partial charge in [0.15, 0.2) is 12.0 Å². The molecule has 0 unspecified atom stereocenters. The van der Waals surface area contributed by atoms with E-state index in [0.717, 1.165) is 17.4 Å². The number of methoxy groups -OCH3 is 1. The number of oxazole rings is 1. The molecule has 0 spiro atoms. The molecule has 3 heterocycles. The predicted molar refractivity (Wildman–Crippen MR) is 134 cm³/mol. The Bertz CT molecular complexity index is 1470. The van der Waals surface area contributed by atoms with Crippen LogP contribution in [-0.4, -0.2) is 28.2 Å². The zero-order valence-electron chi connectivity index (χ0n) is 20.4. The summed E-state index contributed by atoms with van der Waals surface area (Å²) in [6.07, 6.45) is 3.98. The number of aldehydes is 1. The predicted octanol–water partition coefficient (Wildman–Crippen LogP) is 5.47. The Morgan fingerprint density at radius 3 is 2.65 bits per heavy atom. The van der Waals surface area contributed by atoms with Crippen molar-refractivity contribution in [2.24, 2.45) is 0 Å². The Hall–Kier alpha value is -4.79. The lowest BCUT2D eigenvalue weighted by atomic mass is 10.2. The highest BCUT2D eigenvalue weighted by molar-refractivity contribution is 5.77. The van der Waals surface area contributed by atoms with Gasteiger partial charge in [-0.3, -0.25) is 9.48 Å². The van der Waals surface area contributed by atoms with Crippen LogP contribution in [0.15, 0.2) is 82.0 Å². The number of aryl methyl sites for hydroxylation is 1. The van der Waals surface area contributed by atoms with E-state index in [1.807, 2.05) is 49.4 Å². The molecule has 188 valence electrons. The zero-order valence-corrected chi connectivity index (χ0v) is 20.4. The van der Waals surface area contributed by atoms with Gasteiger partial charge in [0.25, 0.3) is 5.89 Å². The largest absolute Gasteiger partial charge is 0.496 e. The van der Waals surface area contributed by atoms with Crippen LogP contribution in [0.1, 0.15) is 32.9 Å². The van der Waals surface area contributed by atoms with Gasteiger partial charge in [0.2, 0.25) is 5.88 Å². The number of rotatable bonds is 11. The van der Waals surface area contributed by atoms with Crippen molar-refractivity contribution in [3.8, 4) is 29.0 Å². The quantitative estimate of drug-likeness (QED) is 0.221. The number of carbonyl (C=O) groups is 1. The molecule has 0 saturated carbocycles. The van der Waals surface area contributed by atoms with Crippen molar-refractivity contribution < 1.29 is 27.8 Å². The number of ether oxygens (including phenoxy) is 3. The first kappa shape index (κ1) is 23.9. The highest BCUT2D eigenvalue weighted by atomic mass is 16.5. The molecule has 0 saturated heterocycles. The van der Waals surface area contributed by atoms with E-state index < -0.39 is 0 Å². The van der Waals surface area contributed by atoms with E-state index in [0.29, 0.717) is 46.7 Å². The first-order valence-electron chi connectivity index (χ1n) is 11.6. The average Bonchev–Trinajstić information content (AvgIpc) is 3.67. The van der Waals surface area contributed by atoms with E-state index in [4.69, 9.17) is 23.0 Å². The van der Waals surface area contributed by atoms with Gasteiger partial charge in [0, 0.05) is 17.8 Å². The molecule has 37 heavy (non-hydrogen) atoms. The van der Waals surface area contributed by atoms with Crippen LogP contribution in [0.5, 0.6) is 17.4 Å². The van der Waals surface area contributed by atoms with Crippen LogP contribution in [0.2, 0.25) is 0 Å². The van der Waals surface area contributed by atoms with Crippen molar-refractivity contribution in [2.75, 3.05) is 7.11 Å². The van der Waals surface area contributed by atoms with Crippen LogP contribution in [0.4, 0.5) is 0 Å². The molecule has 0 aliphatic rings. The normalized spacial score (nSPS) is 10.9. The molecule has 0 bridgehead atoms. The molecule has 0 N–H and O–H groups in total. The Morgan fingerprint density at radius 1 is 1.03 bits per heavy atom. The van der Waals surface area contributed by atoms with Gasteiger partial charge in [-0.05, 0) is 36.8 Å². The van der Waals surface area contributed by atoms with Crippen molar-refractivity contribution in [1.82, 2.24) is 14.8 Å². The Balaban J connectivity index is 1.23. The number of furan rings is 1. The monoisotopic (exact) mass is 499 g/mol. The van der Waals surface area contributed by atoms with Crippen molar-refractivity contribution in [3.05, 3.63) is 101 Å². The summed E-state index contributed by atoms with van der Waals surface area (Å²) in [5, 5.41) is 4.43. The number of carbonyl (C=O) groups excluding carboxylic acids is 1. The lowest BCUT2D eigenvalue weighted by Gasteiger charge is -2.12. The third-order valence-electron chi connectivity index (χ3n) is 5.69. The molecular formula is C28H25N3O6. The Labute approximate surface area is 213 Å². The van der Waals surface area contributed by atoms with E-state index in [-0.39, 0.29) is 19.1 Å². The van der Waals surface area contributed by atoms with Crippen LogP contribution < -0.4 is 14.2 Å². The molecule has 5 aromatic rings. The van der Waals surface area contributed by atoms with Crippen molar-refractivity contribution in [2.45, 2.75) is 26.7 Å². The fourth-order valence-electron chi connectivity index (χ4n) is 3.76. The molecule has 0 aliphatic heterocycles. The summed E-state index contributed by atoms with van der Waals surface area (Å²) in [7, 11) is 1.57. The van der Waals surface area contributed by atoms with Gasteiger partial charge in [0.05, 0.1) is 25.5 Å². The molecular weight excluding hydrogens is 474 g/mol. The van der Waals surface area contributed by atoms with E-state index in [1.54, 1.807) is 42.5 Å². The second-order valence-electron chi connectivity index (χ2n) is 8.24. The summed E-state index contributed by atoms with van der Waals surface area (Å²) in [6.45, 7) is 2.75.